The molecule has 2 aromatic rings. The van der Waals surface area contributed by atoms with Gasteiger partial charge in [0.1, 0.15) is 11.5 Å². The summed E-state index contributed by atoms with van der Waals surface area (Å²) in [6, 6.07) is 4.87. The van der Waals surface area contributed by atoms with Gasteiger partial charge in [0.25, 0.3) is 11.8 Å². The molecule has 0 aliphatic heterocycles. The highest BCUT2D eigenvalue weighted by Gasteiger charge is 2.38. The number of hydrogen-bond acceptors (Lipinski definition) is 6. The molecular formula is C22H18N2O6. The summed E-state index contributed by atoms with van der Waals surface area (Å²) >= 11 is 0. The van der Waals surface area contributed by atoms with Crippen LogP contribution in [0.4, 0.5) is 11.4 Å². The molecule has 8 nitrogen and oxygen atoms in total. The van der Waals surface area contributed by atoms with E-state index >= 15 is 0 Å². The van der Waals surface area contributed by atoms with Crippen LogP contribution in [0.25, 0.3) is 0 Å². The summed E-state index contributed by atoms with van der Waals surface area (Å²) in [5.41, 5.74) is -0.918. The van der Waals surface area contributed by atoms with Gasteiger partial charge in [-0.1, -0.05) is 13.2 Å². The number of fused-ring (bicyclic) bond motifs is 2. The van der Waals surface area contributed by atoms with Crippen LogP contribution in [0.1, 0.15) is 45.7 Å². The van der Waals surface area contributed by atoms with Crippen molar-refractivity contribution in [3.05, 3.63) is 70.8 Å². The standard InChI is InChI=1S/C22H18N2O6/c1-9(2)21(29)23-11-5-7-13(25)17-15(11)19(27)18-14(26)8-6-12(16(18)20(17)28)24-22(30)10(3)4/h5-8,25-26H,1,3H2,2,4H3,(H,23,29)(H,24,30). The second-order valence-electron chi connectivity index (χ2n) is 6.89. The molecule has 152 valence electrons. The van der Waals surface area contributed by atoms with Crippen molar-refractivity contribution in [1.29, 1.82) is 0 Å². The zero-order valence-corrected chi connectivity index (χ0v) is 16.3. The first kappa shape index (κ1) is 20.5. The molecule has 2 amide bonds. The second-order valence-corrected chi connectivity index (χ2v) is 6.89. The molecule has 8 heteroatoms. The number of ketones is 2. The van der Waals surface area contributed by atoms with Gasteiger partial charge in [-0.05, 0) is 38.1 Å². The molecule has 3 rings (SSSR count). The van der Waals surface area contributed by atoms with E-state index < -0.39 is 34.9 Å². The Morgan fingerprint density at radius 2 is 1.03 bits per heavy atom. The van der Waals surface area contributed by atoms with Crippen molar-refractivity contribution in [2.45, 2.75) is 13.8 Å². The van der Waals surface area contributed by atoms with Crippen LogP contribution < -0.4 is 10.6 Å². The van der Waals surface area contributed by atoms with E-state index in [1.54, 1.807) is 0 Å². The van der Waals surface area contributed by atoms with Crippen molar-refractivity contribution >= 4 is 34.8 Å². The van der Waals surface area contributed by atoms with E-state index in [0.717, 1.165) is 12.1 Å². The molecule has 4 N–H and O–H groups in total. The molecule has 0 fully saturated rings. The van der Waals surface area contributed by atoms with Gasteiger partial charge in [0, 0.05) is 11.1 Å². The summed E-state index contributed by atoms with van der Waals surface area (Å²) in [4.78, 5) is 50.6. The Balaban J connectivity index is 2.25. The lowest BCUT2D eigenvalue weighted by atomic mass is 9.81. The first-order chi connectivity index (χ1) is 14.0. The Hall–Kier alpha value is -4.20. The number of hydrogen-bond donors (Lipinski definition) is 4. The molecule has 0 heterocycles. The largest absolute Gasteiger partial charge is 0.507 e. The Morgan fingerprint density at radius 1 is 0.700 bits per heavy atom. The summed E-state index contributed by atoms with van der Waals surface area (Å²) in [6.07, 6.45) is 0. The minimum Gasteiger partial charge on any atom is -0.507 e. The number of benzene rings is 2. The highest BCUT2D eigenvalue weighted by molar-refractivity contribution is 6.34. The lowest BCUT2D eigenvalue weighted by molar-refractivity contribution is -0.113. The molecule has 0 spiro atoms. The van der Waals surface area contributed by atoms with E-state index in [-0.39, 0.29) is 44.8 Å². The number of phenols is 2. The number of nitrogens with one attached hydrogen (secondary N) is 2. The maximum atomic E-state index is 13.2. The Morgan fingerprint density at radius 3 is 1.33 bits per heavy atom. The number of phenolic OH excluding ortho intramolecular Hbond substituents is 2. The fraction of sp³-hybridized carbons (Fsp3) is 0.0909. The van der Waals surface area contributed by atoms with Crippen molar-refractivity contribution in [2.75, 3.05) is 10.6 Å². The smallest absolute Gasteiger partial charge is 0.250 e. The van der Waals surface area contributed by atoms with Gasteiger partial charge in [0.2, 0.25) is 11.6 Å². The molecule has 1 aliphatic carbocycles. The van der Waals surface area contributed by atoms with Gasteiger partial charge in [-0.15, -0.1) is 0 Å². The van der Waals surface area contributed by atoms with Gasteiger partial charge in [-0.3, -0.25) is 19.2 Å². The zero-order chi connectivity index (χ0) is 22.3. The Labute approximate surface area is 171 Å². The summed E-state index contributed by atoms with van der Waals surface area (Å²) in [7, 11) is 0. The molecule has 1 aliphatic rings. The average Bonchev–Trinajstić information content (AvgIpc) is 2.68. The van der Waals surface area contributed by atoms with Crippen LogP contribution in [0.5, 0.6) is 11.5 Å². The van der Waals surface area contributed by atoms with E-state index in [1.165, 1.54) is 26.0 Å². The first-order valence-electron chi connectivity index (χ1n) is 8.79. The van der Waals surface area contributed by atoms with Crippen LogP contribution in [0.15, 0.2) is 48.6 Å². The molecule has 0 aromatic heterocycles. The van der Waals surface area contributed by atoms with Crippen LogP contribution >= 0.6 is 0 Å². The predicted molar refractivity (Wildman–Crippen MR) is 110 cm³/mol. The van der Waals surface area contributed by atoms with Gasteiger partial charge in [0.05, 0.1) is 33.6 Å². The maximum Gasteiger partial charge on any atom is 0.250 e. The summed E-state index contributed by atoms with van der Waals surface area (Å²) in [6.45, 7) is 9.97. The summed E-state index contributed by atoms with van der Waals surface area (Å²) in [5, 5.41) is 25.6. The molecule has 30 heavy (non-hydrogen) atoms. The minimum atomic E-state index is -0.795. The molecule has 0 unspecified atom stereocenters. The van der Waals surface area contributed by atoms with Gasteiger partial charge in [-0.2, -0.15) is 0 Å². The van der Waals surface area contributed by atoms with Crippen LogP contribution in [-0.4, -0.2) is 33.6 Å². The highest BCUT2D eigenvalue weighted by atomic mass is 16.3. The highest BCUT2D eigenvalue weighted by Crippen LogP contribution is 2.42. The molecule has 0 bridgehead atoms. The second kappa shape index (κ2) is 7.32. The van der Waals surface area contributed by atoms with Crippen LogP contribution in [0.2, 0.25) is 0 Å². The quantitative estimate of drug-likeness (QED) is 0.389. The SMILES string of the molecule is C=C(C)C(=O)Nc1ccc(O)c2c1C(=O)c1c(O)ccc(NC(=O)C(=C)C)c1C2=O. The predicted octanol–water partition coefficient (Wildman–Crippen LogP) is 2.90. The summed E-state index contributed by atoms with van der Waals surface area (Å²) < 4.78 is 0. The molecule has 0 atom stereocenters. The van der Waals surface area contributed by atoms with Crippen LogP contribution in [0, 0.1) is 0 Å². The lowest BCUT2D eigenvalue weighted by Gasteiger charge is -2.24. The fourth-order valence-corrected chi connectivity index (χ4v) is 3.03. The van der Waals surface area contributed by atoms with E-state index in [0.29, 0.717) is 0 Å². The minimum absolute atomic E-state index is 0.0180. The maximum absolute atomic E-state index is 13.2. The average molecular weight is 406 g/mol. The van der Waals surface area contributed by atoms with Gasteiger partial charge in [0.15, 0.2) is 0 Å². The van der Waals surface area contributed by atoms with Crippen molar-refractivity contribution in [2.24, 2.45) is 0 Å². The lowest BCUT2D eigenvalue weighted by Crippen LogP contribution is -2.26. The van der Waals surface area contributed by atoms with Gasteiger partial charge >= 0.3 is 0 Å². The van der Waals surface area contributed by atoms with E-state index in [9.17, 15) is 29.4 Å². The van der Waals surface area contributed by atoms with E-state index in [4.69, 9.17) is 0 Å². The molecular weight excluding hydrogens is 388 g/mol. The summed E-state index contributed by atoms with van der Waals surface area (Å²) in [5.74, 6) is -3.72. The van der Waals surface area contributed by atoms with Crippen molar-refractivity contribution in [3.8, 4) is 11.5 Å². The molecule has 0 saturated carbocycles. The molecule has 0 radical (unpaired) electrons. The number of aromatic hydroxyl groups is 2. The number of amides is 2. The molecule has 2 aromatic carbocycles. The topological polar surface area (TPSA) is 133 Å². The van der Waals surface area contributed by atoms with Crippen LogP contribution in [0.3, 0.4) is 0 Å². The monoisotopic (exact) mass is 406 g/mol. The number of carbonyl (C=O) groups excluding carboxylic acids is 4. The van der Waals surface area contributed by atoms with E-state index in [2.05, 4.69) is 23.8 Å². The Bertz CT molecular complexity index is 1100. The number of rotatable bonds is 4. The van der Waals surface area contributed by atoms with Crippen LogP contribution in [-0.2, 0) is 9.59 Å². The van der Waals surface area contributed by atoms with Crippen molar-refractivity contribution < 1.29 is 29.4 Å². The number of carbonyl (C=O) groups is 4. The third-order valence-electron chi connectivity index (χ3n) is 4.55. The van der Waals surface area contributed by atoms with Gasteiger partial charge < -0.3 is 20.8 Å². The third-order valence-corrected chi connectivity index (χ3v) is 4.55. The molecule has 0 saturated heterocycles. The van der Waals surface area contributed by atoms with Crippen molar-refractivity contribution in [3.63, 3.8) is 0 Å². The normalized spacial score (nSPS) is 11.9. The first-order valence-corrected chi connectivity index (χ1v) is 8.79. The van der Waals surface area contributed by atoms with E-state index in [1.807, 2.05) is 0 Å². The third kappa shape index (κ3) is 3.24. The van der Waals surface area contributed by atoms with Crippen molar-refractivity contribution in [1.82, 2.24) is 0 Å². The number of anilines is 2. The Kier molecular flexibility index (Phi) is 5.01. The fourth-order valence-electron chi connectivity index (χ4n) is 3.03. The van der Waals surface area contributed by atoms with Gasteiger partial charge in [-0.25, -0.2) is 0 Å². The zero-order valence-electron chi connectivity index (χ0n) is 16.3.